The van der Waals surface area contributed by atoms with Crippen LogP contribution in [0, 0.1) is 11.5 Å². The first kappa shape index (κ1) is 13.8. The summed E-state index contributed by atoms with van der Waals surface area (Å²) in [6.45, 7) is 4.28. The summed E-state index contributed by atoms with van der Waals surface area (Å²) in [7, 11) is 1.65. The van der Waals surface area contributed by atoms with Crippen LogP contribution in [0.1, 0.15) is 25.3 Å². The van der Waals surface area contributed by atoms with Crippen molar-refractivity contribution in [3.8, 4) is 23.1 Å². The first-order valence-electron chi connectivity index (χ1n) is 6.31. The van der Waals surface area contributed by atoms with E-state index in [1.807, 2.05) is 12.1 Å². The molecule has 0 aliphatic rings. The Bertz CT molecular complexity index is 629. The summed E-state index contributed by atoms with van der Waals surface area (Å²) in [6.07, 6.45) is 5.12. The third-order valence-corrected chi connectivity index (χ3v) is 3.02. The van der Waals surface area contributed by atoms with Gasteiger partial charge in [0.15, 0.2) is 6.19 Å². The molecule has 0 saturated heterocycles. The van der Waals surface area contributed by atoms with Gasteiger partial charge in [-0.15, -0.1) is 0 Å². The van der Waals surface area contributed by atoms with Crippen LogP contribution in [0.5, 0.6) is 5.75 Å². The summed E-state index contributed by atoms with van der Waals surface area (Å²) in [5.74, 6) is 1.52. The third kappa shape index (κ3) is 2.86. The molecule has 0 radical (unpaired) electrons. The van der Waals surface area contributed by atoms with E-state index in [-0.39, 0.29) is 5.95 Å². The summed E-state index contributed by atoms with van der Waals surface area (Å²) in [4.78, 5) is 8.15. The van der Waals surface area contributed by atoms with Gasteiger partial charge in [0.25, 0.3) is 0 Å². The lowest BCUT2D eigenvalue weighted by Gasteiger charge is -2.12. The van der Waals surface area contributed by atoms with Crippen LogP contribution < -0.4 is 10.1 Å². The fourth-order valence-corrected chi connectivity index (χ4v) is 1.89. The monoisotopic (exact) mass is 268 g/mol. The van der Waals surface area contributed by atoms with E-state index < -0.39 is 0 Å². The van der Waals surface area contributed by atoms with Gasteiger partial charge in [0.2, 0.25) is 5.95 Å². The standard InChI is InChI=1S/C15H16N4O/c1-10(2)11-4-5-13(14(6-11)20-3)12-7-17-15(18-8-12)19-9-16/h4-8,10H,1-3H3,(H,17,18,19). The van der Waals surface area contributed by atoms with Crippen LogP contribution in [0.3, 0.4) is 0 Å². The summed E-state index contributed by atoms with van der Waals surface area (Å²) >= 11 is 0. The highest BCUT2D eigenvalue weighted by atomic mass is 16.5. The van der Waals surface area contributed by atoms with Crippen molar-refractivity contribution in [2.24, 2.45) is 0 Å². The van der Waals surface area contributed by atoms with Gasteiger partial charge in [0.1, 0.15) is 5.75 Å². The molecular formula is C15H16N4O. The summed E-state index contributed by atoms with van der Waals surface area (Å²) in [6, 6.07) is 6.11. The van der Waals surface area contributed by atoms with Crippen LogP contribution in [0.4, 0.5) is 5.95 Å². The fourth-order valence-electron chi connectivity index (χ4n) is 1.89. The van der Waals surface area contributed by atoms with E-state index >= 15 is 0 Å². The molecule has 0 unspecified atom stereocenters. The number of benzene rings is 1. The maximum absolute atomic E-state index is 8.51. The SMILES string of the molecule is COc1cc(C(C)C)ccc1-c1cnc(NC#N)nc1. The summed E-state index contributed by atoms with van der Waals surface area (Å²) in [5, 5.41) is 10.9. The Balaban J connectivity index is 2.39. The van der Waals surface area contributed by atoms with E-state index in [0.717, 1.165) is 16.9 Å². The molecule has 1 heterocycles. The number of hydrogen-bond acceptors (Lipinski definition) is 5. The molecule has 1 aromatic heterocycles. The van der Waals surface area contributed by atoms with Crippen LogP contribution in [0.15, 0.2) is 30.6 Å². The van der Waals surface area contributed by atoms with Crippen LogP contribution in [-0.4, -0.2) is 17.1 Å². The minimum atomic E-state index is 0.286. The topological polar surface area (TPSA) is 70.8 Å². The summed E-state index contributed by atoms with van der Waals surface area (Å²) in [5.41, 5.74) is 3.00. The fraction of sp³-hybridized carbons (Fsp3) is 0.267. The molecular weight excluding hydrogens is 252 g/mol. The summed E-state index contributed by atoms with van der Waals surface area (Å²) < 4.78 is 5.44. The lowest BCUT2D eigenvalue weighted by atomic mass is 9.99. The van der Waals surface area contributed by atoms with Crippen molar-refractivity contribution in [1.29, 1.82) is 5.26 Å². The molecule has 102 valence electrons. The Kier molecular flexibility index (Phi) is 4.16. The normalized spacial score (nSPS) is 10.2. The van der Waals surface area contributed by atoms with Crippen LogP contribution in [0.2, 0.25) is 0 Å². The van der Waals surface area contributed by atoms with Gasteiger partial charge < -0.3 is 4.74 Å². The van der Waals surface area contributed by atoms with E-state index in [2.05, 4.69) is 35.2 Å². The van der Waals surface area contributed by atoms with Crippen molar-refractivity contribution in [1.82, 2.24) is 9.97 Å². The molecule has 0 fully saturated rings. The number of anilines is 1. The molecule has 0 atom stereocenters. The highest BCUT2D eigenvalue weighted by molar-refractivity contribution is 5.70. The second-order valence-corrected chi connectivity index (χ2v) is 4.65. The molecule has 2 rings (SSSR count). The first-order chi connectivity index (χ1) is 9.65. The predicted molar refractivity (Wildman–Crippen MR) is 77.3 cm³/mol. The van der Waals surface area contributed by atoms with Gasteiger partial charge in [-0.05, 0) is 17.5 Å². The highest BCUT2D eigenvalue weighted by Crippen LogP contribution is 2.32. The minimum absolute atomic E-state index is 0.286. The maximum Gasteiger partial charge on any atom is 0.236 e. The van der Waals surface area contributed by atoms with Crippen LogP contribution in [-0.2, 0) is 0 Å². The quantitative estimate of drug-likeness (QED) is 0.681. The van der Waals surface area contributed by atoms with Gasteiger partial charge in [0.05, 0.1) is 7.11 Å². The molecule has 0 aliphatic heterocycles. The Labute approximate surface area is 118 Å². The van der Waals surface area contributed by atoms with E-state index in [1.165, 1.54) is 5.56 Å². The van der Waals surface area contributed by atoms with E-state index in [9.17, 15) is 0 Å². The Morgan fingerprint density at radius 3 is 2.50 bits per heavy atom. The van der Waals surface area contributed by atoms with Crippen molar-refractivity contribution in [3.63, 3.8) is 0 Å². The lowest BCUT2D eigenvalue weighted by Crippen LogP contribution is -1.97. The van der Waals surface area contributed by atoms with Gasteiger partial charge in [-0.2, -0.15) is 5.26 Å². The number of aromatic nitrogens is 2. The number of methoxy groups -OCH3 is 1. The van der Waals surface area contributed by atoms with Crippen molar-refractivity contribution in [3.05, 3.63) is 36.2 Å². The molecule has 20 heavy (non-hydrogen) atoms. The zero-order chi connectivity index (χ0) is 14.5. The zero-order valence-corrected chi connectivity index (χ0v) is 11.7. The number of hydrogen-bond donors (Lipinski definition) is 1. The largest absolute Gasteiger partial charge is 0.496 e. The second-order valence-electron chi connectivity index (χ2n) is 4.65. The molecule has 0 saturated carbocycles. The molecule has 2 aromatic rings. The minimum Gasteiger partial charge on any atom is -0.496 e. The van der Waals surface area contributed by atoms with E-state index in [0.29, 0.717) is 5.92 Å². The number of rotatable bonds is 4. The Morgan fingerprint density at radius 2 is 1.95 bits per heavy atom. The average molecular weight is 268 g/mol. The van der Waals surface area contributed by atoms with Gasteiger partial charge in [-0.25, -0.2) is 9.97 Å². The van der Waals surface area contributed by atoms with Crippen LogP contribution >= 0.6 is 0 Å². The Morgan fingerprint density at radius 1 is 1.25 bits per heavy atom. The number of nitrogens with one attached hydrogen (secondary N) is 1. The highest BCUT2D eigenvalue weighted by Gasteiger charge is 2.09. The van der Waals surface area contributed by atoms with Crippen molar-refractivity contribution < 1.29 is 4.74 Å². The second kappa shape index (κ2) is 6.02. The lowest BCUT2D eigenvalue weighted by molar-refractivity contribution is 0.415. The van der Waals surface area contributed by atoms with Crippen molar-refractivity contribution >= 4 is 5.95 Å². The molecule has 5 nitrogen and oxygen atoms in total. The van der Waals surface area contributed by atoms with E-state index in [4.69, 9.17) is 10.00 Å². The third-order valence-electron chi connectivity index (χ3n) is 3.02. The Hall–Kier alpha value is -2.61. The number of nitrogens with zero attached hydrogens (tertiary/aromatic N) is 3. The smallest absolute Gasteiger partial charge is 0.236 e. The van der Waals surface area contributed by atoms with Crippen LogP contribution in [0.25, 0.3) is 11.1 Å². The molecule has 1 N–H and O–H groups in total. The molecule has 0 amide bonds. The number of nitriles is 1. The van der Waals surface area contributed by atoms with Gasteiger partial charge >= 0.3 is 0 Å². The molecule has 0 bridgehead atoms. The molecule has 1 aromatic carbocycles. The first-order valence-corrected chi connectivity index (χ1v) is 6.31. The van der Waals surface area contributed by atoms with Crippen molar-refractivity contribution in [2.75, 3.05) is 12.4 Å². The van der Waals surface area contributed by atoms with Crippen molar-refractivity contribution in [2.45, 2.75) is 19.8 Å². The van der Waals surface area contributed by atoms with Gasteiger partial charge in [-0.3, -0.25) is 5.32 Å². The zero-order valence-electron chi connectivity index (χ0n) is 11.7. The molecule has 0 aliphatic carbocycles. The molecule has 0 spiro atoms. The maximum atomic E-state index is 8.51. The van der Waals surface area contributed by atoms with Gasteiger partial charge in [-0.1, -0.05) is 26.0 Å². The average Bonchev–Trinajstić information content (AvgIpc) is 2.47. The van der Waals surface area contributed by atoms with Gasteiger partial charge in [0, 0.05) is 23.5 Å². The van der Waals surface area contributed by atoms with E-state index in [1.54, 1.807) is 25.7 Å². The molecule has 5 heteroatoms. The predicted octanol–water partition coefficient (Wildman–Crippen LogP) is 3.17. The number of ether oxygens (including phenoxy) is 1.